The number of nitrogens with one attached hydrogen (secondary N) is 1. The molecule has 0 unspecified atom stereocenters. The highest BCUT2D eigenvalue weighted by atomic mass is 19.1. The molecule has 1 heterocycles. The number of hydrogen-bond donors (Lipinski definition) is 1. The molecule has 7 heteroatoms. The minimum absolute atomic E-state index is 0.000310. The Bertz CT molecular complexity index is 1030. The van der Waals surface area contributed by atoms with Gasteiger partial charge in [-0.25, -0.2) is 9.18 Å². The quantitative estimate of drug-likeness (QED) is 0.603. The van der Waals surface area contributed by atoms with Gasteiger partial charge in [0.1, 0.15) is 23.7 Å². The van der Waals surface area contributed by atoms with Crippen LogP contribution < -0.4 is 10.1 Å². The molecule has 0 atom stereocenters. The summed E-state index contributed by atoms with van der Waals surface area (Å²) in [4.78, 5) is 38.7. The highest BCUT2D eigenvalue weighted by molar-refractivity contribution is 6.31. The maximum Gasteiger partial charge on any atom is 0.331 e. The van der Waals surface area contributed by atoms with Gasteiger partial charge in [0.2, 0.25) is 0 Å². The second-order valence-electron chi connectivity index (χ2n) is 7.35. The van der Waals surface area contributed by atoms with E-state index in [1.165, 1.54) is 12.1 Å². The zero-order valence-corrected chi connectivity index (χ0v) is 16.3. The van der Waals surface area contributed by atoms with Crippen LogP contribution in [0.2, 0.25) is 0 Å². The molecule has 2 aromatic carbocycles. The number of imide groups is 2. The molecule has 1 N–H and O–H groups in total. The third-order valence-corrected chi connectivity index (χ3v) is 5.38. The van der Waals surface area contributed by atoms with Crippen molar-refractivity contribution in [2.24, 2.45) is 0 Å². The lowest BCUT2D eigenvalue weighted by Gasteiger charge is -2.31. The van der Waals surface area contributed by atoms with Crippen molar-refractivity contribution >= 4 is 23.9 Å². The second kappa shape index (κ2) is 8.49. The molecule has 30 heavy (non-hydrogen) atoms. The first kappa shape index (κ1) is 19.8. The molecule has 0 spiro atoms. The number of benzene rings is 2. The number of barbiturate groups is 1. The van der Waals surface area contributed by atoms with E-state index in [0.717, 1.165) is 30.6 Å². The van der Waals surface area contributed by atoms with Gasteiger partial charge < -0.3 is 4.74 Å². The van der Waals surface area contributed by atoms with Gasteiger partial charge in [-0.2, -0.15) is 0 Å². The summed E-state index contributed by atoms with van der Waals surface area (Å²) >= 11 is 0. The van der Waals surface area contributed by atoms with Crippen LogP contribution in [0.5, 0.6) is 5.75 Å². The highest BCUT2D eigenvalue weighted by Crippen LogP contribution is 2.28. The van der Waals surface area contributed by atoms with E-state index in [4.69, 9.17) is 4.74 Å². The minimum Gasteiger partial charge on any atom is -0.488 e. The molecule has 4 amide bonds. The molecule has 154 valence electrons. The molecule has 2 aliphatic rings. The third kappa shape index (κ3) is 3.96. The SMILES string of the molecule is O=C1NC(=O)N(C2CCCC2)C(=O)/C1=C/c1ccccc1OCc1ccccc1F. The summed E-state index contributed by atoms with van der Waals surface area (Å²) in [5.74, 6) is -1.30. The minimum atomic E-state index is -0.733. The Balaban J connectivity index is 1.60. The summed E-state index contributed by atoms with van der Waals surface area (Å²) in [5, 5.41) is 2.26. The Morgan fingerprint density at radius 1 is 1.03 bits per heavy atom. The monoisotopic (exact) mass is 408 g/mol. The predicted octanol–water partition coefficient (Wildman–Crippen LogP) is 3.81. The Morgan fingerprint density at radius 2 is 1.73 bits per heavy atom. The molecule has 6 nitrogen and oxygen atoms in total. The van der Waals surface area contributed by atoms with Crippen LogP contribution in [0.1, 0.15) is 36.8 Å². The number of carbonyl (C=O) groups excluding carboxylic acids is 3. The number of urea groups is 1. The normalized spacial score (nSPS) is 18.8. The van der Waals surface area contributed by atoms with Gasteiger partial charge in [-0.3, -0.25) is 19.8 Å². The van der Waals surface area contributed by atoms with E-state index in [0.29, 0.717) is 16.9 Å². The summed E-state index contributed by atoms with van der Waals surface area (Å²) in [7, 11) is 0. The summed E-state index contributed by atoms with van der Waals surface area (Å²) < 4.78 is 19.6. The predicted molar refractivity (Wildman–Crippen MR) is 108 cm³/mol. The van der Waals surface area contributed by atoms with Gasteiger partial charge in [-0.05, 0) is 31.1 Å². The number of para-hydroxylation sites is 1. The van der Waals surface area contributed by atoms with E-state index in [2.05, 4.69) is 5.32 Å². The molecule has 2 fully saturated rings. The zero-order valence-electron chi connectivity index (χ0n) is 16.3. The fourth-order valence-electron chi connectivity index (χ4n) is 3.82. The number of ether oxygens (including phenoxy) is 1. The molecule has 1 saturated heterocycles. The largest absolute Gasteiger partial charge is 0.488 e. The third-order valence-electron chi connectivity index (χ3n) is 5.38. The lowest BCUT2D eigenvalue weighted by molar-refractivity contribution is -0.131. The number of hydrogen-bond acceptors (Lipinski definition) is 4. The van der Waals surface area contributed by atoms with E-state index in [-0.39, 0.29) is 24.0 Å². The highest BCUT2D eigenvalue weighted by Gasteiger charge is 2.40. The number of amides is 4. The lowest BCUT2D eigenvalue weighted by Crippen LogP contribution is -2.57. The second-order valence-corrected chi connectivity index (χ2v) is 7.35. The first-order chi connectivity index (χ1) is 14.5. The van der Waals surface area contributed by atoms with Gasteiger partial charge in [-0.1, -0.05) is 49.2 Å². The lowest BCUT2D eigenvalue weighted by atomic mass is 10.0. The molecule has 2 aromatic rings. The molecule has 0 bridgehead atoms. The summed E-state index contributed by atoms with van der Waals surface area (Å²) in [6, 6.07) is 12.3. The number of halogens is 1. The maximum absolute atomic E-state index is 13.9. The van der Waals surface area contributed by atoms with E-state index in [1.54, 1.807) is 42.5 Å². The van der Waals surface area contributed by atoms with Crippen molar-refractivity contribution in [1.29, 1.82) is 0 Å². The number of rotatable bonds is 5. The van der Waals surface area contributed by atoms with Crippen molar-refractivity contribution in [3.05, 3.63) is 71.0 Å². The fourth-order valence-corrected chi connectivity index (χ4v) is 3.82. The standard InChI is InChI=1S/C23H21FN2O4/c24-19-11-5-1-8-16(19)14-30-20-12-6-2-7-15(20)13-18-21(27)25-23(29)26(22(18)28)17-9-3-4-10-17/h1-2,5-8,11-13,17H,3-4,9-10,14H2,(H,25,27,29)/b18-13+. The van der Waals surface area contributed by atoms with E-state index in [1.807, 2.05) is 0 Å². The van der Waals surface area contributed by atoms with Gasteiger partial charge >= 0.3 is 6.03 Å². The molecular formula is C23H21FN2O4. The topological polar surface area (TPSA) is 75.7 Å². The first-order valence-corrected chi connectivity index (χ1v) is 9.90. The number of carbonyl (C=O) groups is 3. The van der Waals surface area contributed by atoms with E-state index in [9.17, 15) is 18.8 Å². The van der Waals surface area contributed by atoms with Crippen LogP contribution in [0.25, 0.3) is 6.08 Å². The van der Waals surface area contributed by atoms with Crippen molar-refractivity contribution in [3.63, 3.8) is 0 Å². The zero-order chi connectivity index (χ0) is 21.1. The van der Waals surface area contributed by atoms with Crippen LogP contribution in [0.3, 0.4) is 0 Å². The van der Waals surface area contributed by atoms with Gasteiger partial charge in [-0.15, -0.1) is 0 Å². The van der Waals surface area contributed by atoms with E-state index >= 15 is 0 Å². The molecular weight excluding hydrogens is 387 g/mol. The molecule has 4 rings (SSSR count). The Kier molecular flexibility index (Phi) is 5.61. The van der Waals surface area contributed by atoms with Crippen molar-refractivity contribution in [2.45, 2.75) is 38.3 Å². The van der Waals surface area contributed by atoms with Gasteiger partial charge in [0, 0.05) is 17.2 Å². The molecule has 0 aromatic heterocycles. The maximum atomic E-state index is 13.9. The Labute approximate surface area is 173 Å². The summed E-state index contributed by atoms with van der Waals surface area (Å²) in [6.45, 7) is -0.000310. The van der Waals surface area contributed by atoms with Crippen LogP contribution in [-0.4, -0.2) is 28.8 Å². The molecule has 0 radical (unpaired) electrons. The van der Waals surface area contributed by atoms with E-state index < -0.39 is 17.8 Å². The average Bonchev–Trinajstić information content (AvgIpc) is 3.25. The van der Waals surface area contributed by atoms with Gasteiger partial charge in [0.15, 0.2) is 0 Å². The molecule has 1 aliphatic heterocycles. The van der Waals surface area contributed by atoms with Crippen molar-refractivity contribution < 1.29 is 23.5 Å². The van der Waals surface area contributed by atoms with Crippen molar-refractivity contribution in [2.75, 3.05) is 0 Å². The Hall–Kier alpha value is -3.48. The van der Waals surface area contributed by atoms with Crippen molar-refractivity contribution in [3.8, 4) is 5.75 Å². The van der Waals surface area contributed by atoms with Crippen LogP contribution in [0.15, 0.2) is 54.1 Å². The molecule has 1 aliphatic carbocycles. The van der Waals surface area contributed by atoms with Crippen LogP contribution in [0.4, 0.5) is 9.18 Å². The molecule has 1 saturated carbocycles. The van der Waals surface area contributed by atoms with Crippen LogP contribution in [-0.2, 0) is 16.2 Å². The number of nitrogens with zero attached hydrogens (tertiary/aromatic N) is 1. The summed E-state index contributed by atoms with van der Waals surface area (Å²) in [6.07, 6.45) is 4.79. The van der Waals surface area contributed by atoms with Gasteiger partial charge in [0.05, 0.1) is 0 Å². The average molecular weight is 408 g/mol. The fraction of sp³-hybridized carbons (Fsp3) is 0.261. The summed E-state index contributed by atoms with van der Waals surface area (Å²) in [5.41, 5.74) is 0.765. The Morgan fingerprint density at radius 3 is 2.50 bits per heavy atom. The van der Waals surface area contributed by atoms with Crippen LogP contribution in [0, 0.1) is 5.82 Å². The van der Waals surface area contributed by atoms with Gasteiger partial charge in [0.25, 0.3) is 11.8 Å². The van der Waals surface area contributed by atoms with Crippen molar-refractivity contribution in [1.82, 2.24) is 10.2 Å². The van der Waals surface area contributed by atoms with Crippen LogP contribution >= 0.6 is 0 Å². The first-order valence-electron chi connectivity index (χ1n) is 9.90. The smallest absolute Gasteiger partial charge is 0.331 e.